The normalized spacial score (nSPS) is 15.4. The molecule has 1 saturated heterocycles. The quantitative estimate of drug-likeness (QED) is 0.512. The van der Waals surface area contributed by atoms with E-state index in [-0.39, 0.29) is 11.9 Å². The van der Waals surface area contributed by atoms with E-state index in [9.17, 15) is 9.59 Å². The van der Waals surface area contributed by atoms with E-state index in [2.05, 4.69) is 31.4 Å². The molecule has 1 amide bonds. The first-order valence-corrected chi connectivity index (χ1v) is 10.5. The maximum atomic E-state index is 11.6. The van der Waals surface area contributed by atoms with Gasteiger partial charge in [-0.05, 0) is 50.7 Å². The van der Waals surface area contributed by atoms with Gasteiger partial charge in [0.15, 0.2) is 5.11 Å². The molecule has 1 heterocycles. The van der Waals surface area contributed by atoms with Crippen molar-refractivity contribution in [2.75, 3.05) is 20.1 Å². The number of nitrogens with one attached hydrogen (secondary N) is 2. The number of unbranched alkanes of at least 4 members (excludes halogenated alkanes) is 1. The average molecular weight is 388 g/mol. The first-order chi connectivity index (χ1) is 12.3. The molecule has 0 radical (unpaired) electrons. The summed E-state index contributed by atoms with van der Waals surface area (Å²) in [4.78, 5) is 24.0. The van der Waals surface area contributed by atoms with Crippen molar-refractivity contribution >= 4 is 29.0 Å². The number of carbonyl (C=O) groups is 2. The number of nitrogens with zero attached hydrogens (tertiary/aromatic N) is 1. The zero-order chi connectivity index (χ0) is 20.5. The molecular weight excluding hydrogens is 346 g/mol. The van der Waals surface area contributed by atoms with Gasteiger partial charge in [-0.1, -0.05) is 41.0 Å². The van der Waals surface area contributed by atoms with Crippen LogP contribution in [0.2, 0.25) is 0 Å². The fourth-order valence-corrected chi connectivity index (χ4v) is 2.74. The summed E-state index contributed by atoms with van der Waals surface area (Å²) in [7, 11) is 1.67. The zero-order valence-electron chi connectivity index (χ0n) is 18.0. The third kappa shape index (κ3) is 13.1. The second-order valence-electron chi connectivity index (χ2n) is 6.69. The third-order valence-electron chi connectivity index (χ3n) is 3.94. The molecule has 2 N–H and O–H groups in total. The molecule has 6 heteroatoms. The Morgan fingerprint density at radius 2 is 1.88 bits per heavy atom. The first-order valence-electron chi connectivity index (χ1n) is 10.1. The predicted octanol–water partition coefficient (Wildman–Crippen LogP) is 3.91. The molecule has 154 valence electrons. The Morgan fingerprint density at radius 1 is 1.27 bits per heavy atom. The molecule has 0 aromatic heterocycles. The van der Waals surface area contributed by atoms with Crippen LogP contribution in [-0.4, -0.2) is 47.9 Å². The lowest BCUT2D eigenvalue weighted by Gasteiger charge is -2.26. The molecule has 0 unspecified atom stereocenters. The van der Waals surface area contributed by atoms with E-state index >= 15 is 0 Å². The molecule has 1 aliphatic heterocycles. The number of thiocarbonyl (C=S) groups is 1. The summed E-state index contributed by atoms with van der Waals surface area (Å²) in [5.41, 5.74) is 0. The van der Waals surface area contributed by atoms with Crippen LogP contribution in [0.15, 0.2) is 0 Å². The van der Waals surface area contributed by atoms with E-state index in [4.69, 9.17) is 12.2 Å². The van der Waals surface area contributed by atoms with Crippen LogP contribution in [0.25, 0.3) is 0 Å². The maximum absolute atomic E-state index is 11.6. The number of hydrogen-bond donors (Lipinski definition) is 2. The number of amides is 1. The van der Waals surface area contributed by atoms with E-state index in [1.807, 2.05) is 18.7 Å². The van der Waals surface area contributed by atoms with Gasteiger partial charge in [0.1, 0.15) is 11.8 Å². The lowest BCUT2D eigenvalue weighted by atomic mass is 10.1. The lowest BCUT2D eigenvalue weighted by molar-refractivity contribution is -0.123. The van der Waals surface area contributed by atoms with Crippen molar-refractivity contribution in [3.8, 4) is 0 Å². The van der Waals surface area contributed by atoms with Gasteiger partial charge in [-0.2, -0.15) is 0 Å². The van der Waals surface area contributed by atoms with Gasteiger partial charge in [-0.25, -0.2) is 0 Å². The Hall–Kier alpha value is -1.17. The van der Waals surface area contributed by atoms with Gasteiger partial charge < -0.3 is 20.3 Å². The number of carbonyl (C=O) groups excluding carboxylic acids is 2. The van der Waals surface area contributed by atoms with Crippen molar-refractivity contribution in [3.05, 3.63) is 0 Å². The Labute approximate surface area is 166 Å². The topological polar surface area (TPSA) is 61.4 Å². The molecule has 0 aromatic carbocycles. The van der Waals surface area contributed by atoms with Gasteiger partial charge in [0.25, 0.3) is 0 Å². The molecule has 0 spiro atoms. The summed E-state index contributed by atoms with van der Waals surface area (Å²) in [5.74, 6) is 1.04. The fraction of sp³-hybridized carbons (Fsp3) is 0.850. The van der Waals surface area contributed by atoms with Crippen molar-refractivity contribution in [3.63, 3.8) is 0 Å². The number of hydrogen-bond acceptors (Lipinski definition) is 3. The van der Waals surface area contributed by atoms with E-state index in [1.54, 1.807) is 14.0 Å². The van der Waals surface area contributed by atoms with Gasteiger partial charge in [0.2, 0.25) is 5.91 Å². The minimum atomic E-state index is -0.0772. The number of likely N-dealkylation sites (N-methyl/N-ethyl adjacent to an activating group) is 1. The largest absolute Gasteiger partial charge is 0.363 e. The van der Waals surface area contributed by atoms with Crippen molar-refractivity contribution in [1.82, 2.24) is 15.5 Å². The minimum absolute atomic E-state index is 0.0668. The van der Waals surface area contributed by atoms with Crippen LogP contribution < -0.4 is 10.6 Å². The summed E-state index contributed by atoms with van der Waals surface area (Å²) in [5, 5.41) is 6.62. The number of likely N-dealkylation sites (tertiary alicyclic amines) is 1. The van der Waals surface area contributed by atoms with Crippen molar-refractivity contribution in [1.29, 1.82) is 0 Å². The molecule has 1 fully saturated rings. The molecular formula is C20H41N3O2S. The monoisotopic (exact) mass is 387 g/mol. The van der Waals surface area contributed by atoms with Gasteiger partial charge in [-0.15, -0.1) is 0 Å². The highest BCUT2D eigenvalue weighted by molar-refractivity contribution is 7.80. The van der Waals surface area contributed by atoms with Gasteiger partial charge in [0.05, 0.1) is 0 Å². The van der Waals surface area contributed by atoms with Crippen LogP contribution in [-0.2, 0) is 9.59 Å². The Morgan fingerprint density at radius 3 is 2.31 bits per heavy atom. The lowest BCUT2D eigenvalue weighted by Crippen LogP contribution is -2.48. The van der Waals surface area contributed by atoms with E-state index in [0.29, 0.717) is 11.7 Å². The molecule has 0 saturated carbocycles. The van der Waals surface area contributed by atoms with E-state index in [1.165, 1.54) is 0 Å². The van der Waals surface area contributed by atoms with Gasteiger partial charge in [-0.3, -0.25) is 4.79 Å². The molecule has 0 bridgehead atoms. The summed E-state index contributed by atoms with van der Waals surface area (Å²) in [6.07, 6.45) is 5.98. The molecule has 0 aliphatic carbocycles. The molecule has 1 aliphatic rings. The van der Waals surface area contributed by atoms with Crippen LogP contribution in [0.1, 0.15) is 80.1 Å². The zero-order valence-corrected chi connectivity index (χ0v) is 18.8. The van der Waals surface area contributed by atoms with Gasteiger partial charge >= 0.3 is 0 Å². The summed E-state index contributed by atoms with van der Waals surface area (Å²) < 4.78 is 0. The Kier molecular flexibility index (Phi) is 18.0. The van der Waals surface area contributed by atoms with Crippen LogP contribution in [0.3, 0.4) is 0 Å². The Balaban J connectivity index is 0. The van der Waals surface area contributed by atoms with Crippen LogP contribution in [0.5, 0.6) is 0 Å². The number of ketones is 1. The van der Waals surface area contributed by atoms with Crippen molar-refractivity contribution < 1.29 is 9.59 Å². The highest BCUT2D eigenvalue weighted by Gasteiger charge is 2.31. The standard InChI is InChI=1S/C11H21N3OS.C7H14O.C2H6/c1-3-4-7-13-11(16)14-8-5-6-9(14)10(15)12-2;1-6(2)4-5-7(3)8;1-2/h9H,3-8H2,1-2H3,(H,12,15)(H,13,16);6H,4-5H2,1-3H3;1-2H3/t9-;;/m0../s1. The van der Waals surface area contributed by atoms with Crippen LogP contribution in [0.4, 0.5) is 0 Å². The number of Topliss-reactive ketones (excluding diaryl/α,β-unsaturated/α-hetero) is 1. The molecule has 0 aromatic rings. The predicted molar refractivity (Wildman–Crippen MR) is 115 cm³/mol. The molecule has 5 nitrogen and oxygen atoms in total. The smallest absolute Gasteiger partial charge is 0.242 e. The third-order valence-corrected chi connectivity index (χ3v) is 4.32. The highest BCUT2D eigenvalue weighted by atomic mass is 32.1. The highest BCUT2D eigenvalue weighted by Crippen LogP contribution is 2.17. The first kappa shape index (κ1) is 27.1. The second-order valence-corrected chi connectivity index (χ2v) is 7.07. The van der Waals surface area contributed by atoms with Gasteiger partial charge in [0, 0.05) is 26.6 Å². The fourth-order valence-electron chi connectivity index (χ4n) is 2.41. The van der Waals surface area contributed by atoms with E-state index in [0.717, 1.165) is 56.7 Å². The van der Waals surface area contributed by atoms with Crippen LogP contribution >= 0.6 is 12.2 Å². The maximum Gasteiger partial charge on any atom is 0.242 e. The van der Waals surface area contributed by atoms with Crippen molar-refractivity contribution in [2.24, 2.45) is 5.92 Å². The molecule has 1 atom stereocenters. The van der Waals surface area contributed by atoms with Crippen molar-refractivity contribution in [2.45, 2.75) is 86.1 Å². The molecule has 26 heavy (non-hydrogen) atoms. The van der Waals surface area contributed by atoms with Crippen LogP contribution in [0, 0.1) is 5.92 Å². The molecule has 1 rings (SSSR count). The SMILES string of the molecule is CC.CC(=O)CCC(C)C.CCCCNC(=S)N1CCC[C@H]1C(=O)NC. The minimum Gasteiger partial charge on any atom is -0.363 e. The summed E-state index contributed by atoms with van der Waals surface area (Å²) in [6, 6.07) is -0.0772. The average Bonchev–Trinajstić information content (AvgIpc) is 3.11. The van der Waals surface area contributed by atoms with E-state index < -0.39 is 0 Å². The Bertz CT molecular complexity index is 401. The second kappa shape index (κ2) is 17.3. The number of rotatable bonds is 7. The summed E-state index contributed by atoms with van der Waals surface area (Å²) in [6.45, 7) is 13.8. The summed E-state index contributed by atoms with van der Waals surface area (Å²) >= 11 is 5.31.